The number of nitriles is 1. The van der Waals surface area contributed by atoms with Crippen LogP contribution < -0.4 is 4.72 Å². The maximum Gasteiger partial charge on any atom is 0.225 e. The summed E-state index contributed by atoms with van der Waals surface area (Å²) in [5.41, 5.74) is 0. The van der Waals surface area contributed by atoms with E-state index in [1.807, 2.05) is 0 Å². The molecule has 0 aliphatic heterocycles. The predicted molar refractivity (Wildman–Crippen MR) is 49.8 cm³/mol. The molecule has 0 spiro atoms. The first-order chi connectivity index (χ1) is 6.64. The van der Waals surface area contributed by atoms with Crippen LogP contribution in [-0.2, 0) is 16.4 Å². The van der Waals surface area contributed by atoms with E-state index in [4.69, 9.17) is 9.68 Å². The van der Waals surface area contributed by atoms with Crippen molar-refractivity contribution in [1.29, 1.82) is 5.26 Å². The zero-order valence-corrected chi connectivity index (χ0v) is 8.25. The third kappa shape index (κ3) is 3.60. The second-order valence-corrected chi connectivity index (χ2v) is 4.45. The minimum absolute atomic E-state index is 0.248. The molecule has 6 heteroatoms. The minimum atomic E-state index is -3.44. The van der Waals surface area contributed by atoms with Crippen LogP contribution >= 0.6 is 0 Å². The molecule has 0 aliphatic carbocycles. The molecule has 5 nitrogen and oxygen atoms in total. The first kappa shape index (κ1) is 10.8. The van der Waals surface area contributed by atoms with Crippen molar-refractivity contribution >= 4 is 10.0 Å². The summed E-state index contributed by atoms with van der Waals surface area (Å²) in [6.07, 6.45) is 2.01. The number of hydrogen-bond acceptors (Lipinski definition) is 4. The van der Waals surface area contributed by atoms with Gasteiger partial charge in [0.2, 0.25) is 10.0 Å². The Morgan fingerprint density at radius 2 is 2.36 bits per heavy atom. The monoisotopic (exact) mass is 214 g/mol. The highest BCUT2D eigenvalue weighted by Crippen LogP contribution is 1.99. The molecule has 1 aromatic rings. The number of furan rings is 1. The Labute approximate surface area is 82.4 Å². The fraction of sp³-hybridized carbons (Fsp3) is 0.375. The van der Waals surface area contributed by atoms with Crippen LogP contribution in [-0.4, -0.2) is 20.7 Å². The smallest absolute Gasteiger partial charge is 0.225 e. The zero-order chi connectivity index (χ0) is 10.4. The van der Waals surface area contributed by atoms with E-state index in [2.05, 4.69) is 4.72 Å². The van der Waals surface area contributed by atoms with Gasteiger partial charge in [-0.05, 0) is 12.1 Å². The third-order valence-electron chi connectivity index (χ3n) is 1.53. The molecule has 1 N–H and O–H groups in total. The molecule has 0 aromatic carbocycles. The van der Waals surface area contributed by atoms with Crippen LogP contribution in [0.25, 0.3) is 0 Å². The van der Waals surface area contributed by atoms with Gasteiger partial charge in [0.25, 0.3) is 0 Å². The van der Waals surface area contributed by atoms with Crippen molar-refractivity contribution in [1.82, 2.24) is 4.72 Å². The standard InChI is InChI=1S/C8H10N2O3S/c9-4-7-14(11,12)10-5-3-8-2-1-6-13-8/h1-2,6,10H,3,5,7H2. The van der Waals surface area contributed by atoms with Gasteiger partial charge in [-0.2, -0.15) is 5.26 Å². The Kier molecular flexibility index (Phi) is 3.68. The molecule has 1 aromatic heterocycles. The van der Waals surface area contributed by atoms with Crippen molar-refractivity contribution in [2.75, 3.05) is 12.3 Å². The van der Waals surface area contributed by atoms with Crippen LogP contribution in [0.1, 0.15) is 5.76 Å². The van der Waals surface area contributed by atoms with E-state index in [1.165, 1.54) is 6.26 Å². The summed E-state index contributed by atoms with van der Waals surface area (Å²) in [6, 6.07) is 5.08. The summed E-state index contributed by atoms with van der Waals surface area (Å²) >= 11 is 0. The van der Waals surface area contributed by atoms with E-state index in [1.54, 1.807) is 18.2 Å². The van der Waals surface area contributed by atoms with Crippen LogP contribution in [0.15, 0.2) is 22.8 Å². The average molecular weight is 214 g/mol. The summed E-state index contributed by atoms with van der Waals surface area (Å²) in [6.45, 7) is 0.248. The van der Waals surface area contributed by atoms with Crippen molar-refractivity contribution in [3.8, 4) is 6.07 Å². The molecule has 1 heterocycles. The Bertz CT molecular complexity index is 402. The van der Waals surface area contributed by atoms with Crippen molar-refractivity contribution in [2.24, 2.45) is 0 Å². The first-order valence-corrected chi connectivity index (χ1v) is 5.66. The fourth-order valence-electron chi connectivity index (χ4n) is 0.921. The maximum absolute atomic E-state index is 11.0. The summed E-state index contributed by atoms with van der Waals surface area (Å²) in [4.78, 5) is 0. The quantitative estimate of drug-likeness (QED) is 0.762. The average Bonchev–Trinajstić information content (AvgIpc) is 2.56. The lowest BCUT2D eigenvalue weighted by Crippen LogP contribution is -2.27. The lowest BCUT2D eigenvalue weighted by atomic mass is 10.3. The van der Waals surface area contributed by atoms with E-state index in [0.717, 1.165) is 0 Å². The molecule has 0 amide bonds. The highest BCUT2D eigenvalue weighted by atomic mass is 32.2. The molecule has 76 valence electrons. The van der Waals surface area contributed by atoms with Crippen molar-refractivity contribution in [3.05, 3.63) is 24.2 Å². The molecule has 0 fully saturated rings. The molecule has 0 saturated heterocycles. The Morgan fingerprint density at radius 3 is 2.93 bits per heavy atom. The van der Waals surface area contributed by atoms with Gasteiger partial charge in [0.15, 0.2) is 5.75 Å². The van der Waals surface area contributed by atoms with Gasteiger partial charge >= 0.3 is 0 Å². The van der Waals surface area contributed by atoms with E-state index < -0.39 is 15.8 Å². The largest absolute Gasteiger partial charge is 0.469 e. The van der Waals surface area contributed by atoms with Crippen LogP contribution in [0, 0.1) is 11.3 Å². The normalized spacial score (nSPS) is 11.1. The second-order valence-electron chi connectivity index (χ2n) is 2.64. The highest BCUT2D eigenvalue weighted by Gasteiger charge is 2.08. The Hall–Kier alpha value is -1.32. The Morgan fingerprint density at radius 1 is 1.57 bits per heavy atom. The van der Waals surface area contributed by atoms with Gasteiger partial charge in [-0.15, -0.1) is 0 Å². The van der Waals surface area contributed by atoms with Crippen LogP contribution in [0.3, 0.4) is 0 Å². The number of nitrogens with one attached hydrogen (secondary N) is 1. The molecule has 0 aliphatic rings. The summed E-state index contributed by atoms with van der Waals surface area (Å²) in [5.74, 6) is 0.204. The topological polar surface area (TPSA) is 83.1 Å². The lowest BCUT2D eigenvalue weighted by Gasteiger charge is -2.00. The van der Waals surface area contributed by atoms with E-state index in [-0.39, 0.29) is 6.54 Å². The first-order valence-electron chi connectivity index (χ1n) is 4.01. The molecular weight excluding hydrogens is 204 g/mol. The summed E-state index contributed by atoms with van der Waals surface area (Å²) in [5, 5.41) is 8.20. The zero-order valence-electron chi connectivity index (χ0n) is 7.43. The second kappa shape index (κ2) is 4.79. The number of hydrogen-bond donors (Lipinski definition) is 1. The fourth-order valence-corrected chi connectivity index (χ4v) is 1.61. The van der Waals surface area contributed by atoms with E-state index in [9.17, 15) is 8.42 Å². The van der Waals surface area contributed by atoms with Gasteiger partial charge in [-0.1, -0.05) is 0 Å². The van der Waals surface area contributed by atoms with E-state index in [0.29, 0.717) is 12.2 Å². The van der Waals surface area contributed by atoms with Gasteiger partial charge in [0, 0.05) is 13.0 Å². The number of rotatable bonds is 5. The molecular formula is C8H10N2O3S. The molecule has 0 radical (unpaired) electrons. The number of sulfonamides is 1. The van der Waals surface area contributed by atoms with Gasteiger partial charge in [0.1, 0.15) is 5.76 Å². The van der Waals surface area contributed by atoms with Crippen molar-refractivity contribution in [3.63, 3.8) is 0 Å². The highest BCUT2D eigenvalue weighted by molar-refractivity contribution is 7.89. The Balaban J connectivity index is 2.32. The molecule has 0 atom stereocenters. The lowest BCUT2D eigenvalue weighted by molar-refractivity contribution is 0.506. The molecule has 1 rings (SSSR count). The third-order valence-corrected chi connectivity index (χ3v) is 2.68. The molecule has 0 saturated carbocycles. The molecule has 0 unspecified atom stereocenters. The SMILES string of the molecule is N#CCS(=O)(=O)NCCc1ccco1. The van der Waals surface area contributed by atoms with Crippen LogP contribution in [0.5, 0.6) is 0 Å². The van der Waals surface area contributed by atoms with E-state index >= 15 is 0 Å². The van der Waals surface area contributed by atoms with Gasteiger partial charge < -0.3 is 4.42 Å². The van der Waals surface area contributed by atoms with Gasteiger partial charge in [-0.25, -0.2) is 13.1 Å². The minimum Gasteiger partial charge on any atom is -0.469 e. The van der Waals surface area contributed by atoms with Crippen molar-refractivity contribution in [2.45, 2.75) is 6.42 Å². The molecule has 0 bridgehead atoms. The predicted octanol–water partition coefficient (Wildman–Crippen LogP) is 0.265. The summed E-state index contributed by atoms with van der Waals surface area (Å²) in [7, 11) is -3.44. The van der Waals surface area contributed by atoms with Gasteiger partial charge in [0.05, 0.1) is 12.3 Å². The number of nitrogens with zero attached hydrogens (tertiary/aromatic N) is 1. The van der Waals surface area contributed by atoms with Crippen LogP contribution in [0.4, 0.5) is 0 Å². The van der Waals surface area contributed by atoms with Gasteiger partial charge in [-0.3, -0.25) is 0 Å². The molecule has 14 heavy (non-hydrogen) atoms. The van der Waals surface area contributed by atoms with Crippen molar-refractivity contribution < 1.29 is 12.8 Å². The van der Waals surface area contributed by atoms with Crippen LogP contribution in [0.2, 0.25) is 0 Å². The maximum atomic E-state index is 11.0. The summed E-state index contributed by atoms with van der Waals surface area (Å²) < 4.78 is 29.3.